The quantitative estimate of drug-likeness (QED) is 0.433. The first kappa shape index (κ1) is 19.8. The molecule has 5 rings (SSSR count). The van der Waals surface area contributed by atoms with E-state index in [0.29, 0.717) is 17.1 Å². The number of carbonyl (C=O) groups is 1. The van der Waals surface area contributed by atoms with Crippen LogP contribution in [-0.4, -0.2) is 37.5 Å². The Hall–Kier alpha value is -1.10. The molecule has 0 aromatic carbocycles. The molecule has 1 saturated heterocycles. The van der Waals surface area contributed by atoms with Crippen LogP contribution in [-0.2, 0) is 14.4 Å². The zero-order valence-corrected chi connectivity index (χ0v) is 18.2. The van der Waals surface area contributed by atoms with Gasteiger partial charge in [-0.25, -0.2) is 0 Å². The predicted molar refractivity (Wildman–Crippen MR) is 112 cm³/mol. The van der Waals surface area contributed by atoms with Gasteiger partial charge in [-0.15, -0.1) is 0 Å². The molecule has 0 spiro atoms. The lowest BCUT2D eigenvalue weighted by Gasteiger charge is -2.60. The van der Waals surface area contributed by atoms with Crippen LogP contribution in [0.1, 0.15) is 78.1 Å². The van der Waals surface area contributed by atoms with Crippen molar-refractivity contribution in [1.82, 2.24) is 5.32 Å². The van der Waals surface area contributed by atoms with Gasteiger partial charge in [0, 0.05) is 24.8 Å². The first-order valence-corrected chi connectivity index (χ1v) is 12.1. The number of oxime groups is 1. The molecule has 8 atom stereocenters. The van der Waals surface area contributed by atoms with E-state index in [-0.39, 0.29) is 17.6 Å². The third-order valence-corrected chi connectivity index (χ3v) is 9.85. The van der Waals surface area contributed by atoms with Crippen LogP contribution in [0, 0.1) is 34.5 Å². The van der Waals surface area contributed by atoms with Crippen molar-refractivity contribution >= 4 is 12.2 Å². The lowest BCUT2D eigenvalue weighted by atomic mass is 9.45. The lowest BCUT2D eigenvalue weighted by Crippen LogP contribution is -2.54. The minimum absolute atomic E-state index is 0.00399. The summed E-state index contributed by atoms with van der Waals surface area (Å²) in [7, 11) is 0. The molecule has 1 aliphatic heterocycles. The van der Waals surface area contributed by atoms with E-state index in [1.165, 1.54) is 25.7 Å². The third-order valence-electron chi connectivity index (χ3n) is 9.85. The van der Waals surface area contributed by atoms with Gasteiger partial charge in [0.1, 0.15) is 18.0 Å². The van der Waals surface area contributed by atoms with Crippen LogP contribution in [0.25, 0.3) is 0 Å². The number of ketones is 1. The molecule has 0 bridgehead atoms. The maximum absolute atomic E-state index is 12.6. The Morgan fingerprint density at radius 3 is 2.76 bits per heavy atom. The van der Waals surface area contributed by atoms with Gasteiger partial charge in [-0.1, -0.05) is 19.0 Å². The van der Waals surface area contributed by atoms with E-state index in [4.69, 9.17) is 9.57 Å². The van der Waals surface area contributed by atoms with Crippen molar-refractivity contribution in [3.8, 4) is 0 Å². The van der Waals surface area contributed by atoms with Gasteiger partial charge in [0.25, 0.3) is 0 Å². The number of nitrogens with one attached hydrogen (secondary N) is 1. The molecule has 5 nitrogen and oxygen atoms in total. The zero-order chi connectivity index (χ0) is 20.1. The van der Waals surface area contributed by atoms with Crippen LogP contribution in [0.15, 0.2) is 5.16 Å². The highest BCUT2D eigenvalue weighted by Gasteiger charge is 2.60. The zero-order valence-electron chi connectivity index (χ0n) is 18.2. The second-order valence-electron chi connectivity index (χ2n) is 11.0. The molecule has 1 heterocycles. The fourth-order valence-electron chi connectivity index (χ4n) is 8.05. The first-order chi connectivity index (χ1) is 14.0. The van der Waals surface area contributed by atoms with E-state index in [1.54, 1.807) is 6.40 Å². The Labute approximate surface area is 175 Å². The van der Waals surface area contributed by atoms with Crippen LogP contribution in [0.3, 0.4) is 0 Å². The van der Waals surface area contributed by atoms with E-state index in [0.717, 1.165) is 69.4 Å². The van der Waals surface area contributed by atoms with Crippen molar-refractivity contribution in [3.63, 3.8) is 0 Å². The van der Waals surface area contributed by atoms with Crippen LogP contribution in [0.2, 0.25) is 0 Å². The summed E-state index contributed by atoms with van der Waals surface area (Å²) in [5.74, 6) is 3.53. The maximum atomic E-state index is 12.6. The van der Waals surface area contributed by atoms with E-state index in [2.05, 4.69) is 24.3 Å². The van der Waals surface area contributed by atoms with Gasteiger partial charge in [-0.05, 0) is 87.0 Å². The number of carbonyl (C=O) groups excluding carboxylic acids is 1. The van der Waals surface area contributed by atoms with Gasteiger partial charge in [0.05, 0.1) is 0 Å². The molecular formula is C24H38N2O3. The van der Waals surface area contributed by atoms with E-state index < -0.39 is 0 Å². The van der Waals surface area contributed by atoms with Crippen LogP contribution in [0.4, 0.5) is 0 Å². The molecule has 5 fully saturated rings. The maximum Gasteiger partial charge on any atom is 0.212 e. The summed E-state index contributed by atoms with van der Waals surface area (Å²) in [6.07, 6.45) is 13.6. The Kier molecular flexibility index (Phi) is 5.16. The van der Waals surface area contributed by atoms with Crippen LogP contribution in [0.5, 0.6) is 0 Å². The largest absolute Gasteiger partial charge is 0.478 e. The second-order valence-corrected chi connectivity index (χ2v) is 11.0. The highest BCUT2D eigenvalue weighted by atomic mass is 16.7. The molecule has 4 saturated carbocycles. The summed E-state index contributed by atoms with van der Waals surface area (Å²) in [5, 5.41) is 7.35. The Morgan fingerprint density at radius 1 is 1.03 bits per heavy atom. The van der Waals surface area contributed by atoms with Crippen LogP contribution < -0.4 is 5.32 Å². The fourth-order valence-corrected chi connectivity index (χ4v) is 8.05. The molecule has 0 aromatic heterocycles. The number of rotatable bonds is 4. The van der Waals surface area contributed by atoms with Crippen LogP contribution >= 0.6 is 0 Å². The van der Waals surface area contributed by atoms with Crippen molar-refractivity contribution in [1.29, 1.82) is 0 Å². The van der Waals surface area contributed by atoms with E-state index in [9.17, 15) is 4.79 Å². The number of hydrogen-bond donors (Lipinski definition) is 1. The van der Waals surface area contributed by atoms with Gasteiger partial charge < -0.3 is 14.9 Å². The number of ether oxygens (including phenoxy) is 1. The number of fused-ring (bicyclic) bond motifs is 5. The normalized spacial score (nSPS) is 49.5. The Balaban J connectivity index is 1.20. The molecule has 0 radical (unpaired) electrons. The molecular weight excluding hydrogens is 364 g/mol. The SMILES string of the molecule is C[C@]12CCC(O/C=N\O[C@@H]3CCNC3)CC1CC[C@@H]1[C@@H]2CC[C@]2(C)C(=O)CC[C@@H]12. The summed E-state index contributed by atoms with van der Waals surface area (Å²) in [6.45, 7) is 6.75. The Morgan fingerprint density at radius 2 is 1.93 bits per heavy atom. The fraction of sp³-hybridized carbons (Fsp3) is 0.917. The average Bonchev–Trinajstić information content (AvgIpc) is 3.33. The van der Waals surface area contributed by atoms with Crippen molar-refractivity contribution in [2.45, 2.75) is 90.3 Å². The number of Topliss-reactive ketones (excluding diaryl/α,β-unsaturated/α-hetero) is 1. The van der Waals surface area contributed by atoms with Crippen molar-refractivity contribution in [2.24, 2.45) is 39.7 Å². The summed E-state index contributed by atoms with van der Waals surface area (Å²) < 4.78 is 5.99. The number of hydrogen-bond acceptors (Lipinski definition) is 5. The monoisotopic (exact) mass is 402 g/mol. The van der Waals surface area contributed by atoms with Crippen molar-refractivity contribution in [3.05, 3.63) is 0 Å². The topological polar surface area (TPSA) is 59.9 Å². The first-order valence-electron chi connectivity index (χ1n) is 12.1. The second kappa shape index (κ2) is 7.55. The lowest BCUT2D eigenvalue weighted by molar-refractivity contribution is -0.141. The molecule has 29 heavy (non-hydrogen) atoms. The molecule has 2 unspecified atom stereocenters. The highest BCUT2D eigenvalue weighted by Crippen LogP contribution is 2.65. The average molecular weight is 403 g/mol. The van der Waals surface area contributed by atoms with Crippen molar-refractivity contribution < 1.29 is 14.4 Å². The van der Waals surface area contributed by atoms with Crippen molar-refractivity contribution in [2.75, 3.05) is 13.1 Å². The third kappa shape index (κ3) is 3.32. The molecule has 0 amide bonds. The summed E-state index contributed by atoms with van der Waals surface area (Å²) >= 11 is 0. The summed E-state index contributed by atoms with van der Waals surface area (Å²) in [5.41, 5.74) is 0.425. The molecule has 0 aromatic rings. The minimum atomic E-state index is -0.00399. The molecule has 5 heteroatoms. The highest BCUT2D eigenvalue weighted by molar-refractivity contribution is 5.87. The molecule has 162 valence electrons. The van der Waals surface area contributed by atoms with Gasteiger partial charge in [-0.3, -0.25) is 4.79 Å². The number of nitrogens with zero attached hydrogens (tertiary/aromatic N) is 1. The smallest absolute Gasteiger partial charge is 0.212 e. The molecule has 4 aliphatic carbocycles. The van der Waals surface area contributed by atoms with E-state index in [1.807, 2.05) is 0 Å². The van der Waals surface area contributed by atoms with Gasteiger partial charge in [0.15, 0.2) is 0 Å². The summed E-state index contributed by atoms with van der Waals surface area (Å²) in [4.78, 5) is 18.1. The van der Waals surface area contributed by atoms with E-state index >= 15 is 0 Å². The standard InChI is InChI=1S/C24H38N2O3/c1-23-10-7-17(28-15-26-29-18-9-12-25-14-18)13-16(23)3-4-19-20-5-6-22(27)24(20,2)11-8-21(19)23/h15-21,25H,3-14H2,1-2H3/b26-15-/t16?,17?,18-,19+,20+,21+,23+,24+/m1/s1. The van der Waals surface area contributed by atoms with Gasteiger partial charge >= 0.3 is 0 Å². The summed E-state index contributed by atoms with van der Waals surface area (Å²) in [6, 6.07) is 0. The molecule has 1 N–H and O–H groups in total. The predicted octanol–water partition coefficient (Wildman–Crippen LogP) is 4.31. The molecule has 5 aliphatic rings. The minimum Gasteiger partial charge on any atom is -0.478 e. The van der Waals surface area contributed by atoms with Gasteiger partial charge in [0.2, 0.25) is 6.40 Å². The van der Waals surface area contributed by atoms with Gasteiger partial charge in [-0.2, -0.15) is 0 Å². The Bertz CT molecular complexity index is 661.